The van der Waals surface area contributed by atoms with Crippen LogP contribution in [0, 0.1) is 34.6 Å². The molecule has 1 aliphatic carbocycles. The Bertz CT molecular complexity index is 6570. The van der Waals surface area contributed by atoms with E-state index in [-0.39, 0.29) is 51.2 Å². The molecule has 10 aromatic carbocycles. The first-order valence-corrected chi connectivity index (χ1v) is 45.3. The molecule has 5 heterocycles. The lowest BCUT2D eigenvalue weighted by Crippen LogP contribution is -2.28. The molecule has 15 N–H and O–H groups in total. The molecule has 131 heavy (non-hydrogen) atoms. The summed E-state index contributed by atoms with van der Waals surface area (Å²) < 4.78 is 0. The number of fused-ring (bicyclic) bond motifs is 1. The molecule has 0 radical (unpaired) electrons. The van der Waals surface area contributed by atoms with Crippen molar-refractivity contribution in [2.45, 2.75) is 138 Å². The molecule has 16 rings (SSSR count). The molecule has 0 amide bonds. The topological polar surface area (TPSA) is 360 Å². The van der Waals surface area contributed by atoms with Crippen molar-refractivity contribution >= 4 is 116 Å². The molecular formula is C101H95Cl10N15O5. The Morgan fingerprint density at radius 2 is 0.580 bits per heavy atom. The van der Waals surface area contributed by atoms with Gasteiger partial charge in [0.05, 0.1) is 197 Å². The van der Waals surface area contributed by atoms with Crippen molar-refractivity contribution in [3.63, 3.8) is 0 Å². The summed E-state index contributed by atoms with van der Waals surface area (Å²) in [7, 11) is 0. The van der Waals surface area contributed by atoms with Crippen LogP contribution in [0.15, 0.2) is 206 Å². The van der Waals surface area contributed by atoms with Gasteiger partial charge in [-0.15, -0.1) is 0 Å². The first-order valence-electron chi connectivity index (χ1n) is 41.5. The van der Waals surface area contributed by atoms with Crippen LogP contribution in [-0.2, 0) is 58.0 Å². The number of hydrogen-bond donors (Lipinski definition) is 10. The quantitative estimate of drug-likeness (QED) is 0.0359. The molecular weight excluding hydrogens is 1860 g/mol. The maximum Gasteiger partial charge on any atom is 0.0945 e. The summed E-state index contributed by atoms with van der Waals surface area (Å²) in [5, 5.41) is 53.7. The van der Waals surface area contributed by atoms with Crippen LogP contribution >= 0.6 is 116 Å². The van der Waals surface area contributed by atoms with Crippen molar-refractivity contribution in [3.05, 3.63) is 347 Å². The van der Waals surface area contributed by atoms with E-state index in [9.17, 15) is 25.5 Å². The molecule has 674 valence electrons. The maximum atomic E-state index is 9.92. The minimum Gasteiger partial charge on any atom is -0.390 e. The fourth-order valence-electron chi connectivity index (χ4n) is 14.8. The molecule has 30 heteroatoms. The third-order valence-electron chi connectivity index (χ3n) is 21.6. The van der Waals surface area contributed by atoms with Gasteiger partial charge in [0.25, 0.3) is 0 Å². The van der Waals surface area contributed by atoms with Crippen molar-refractivity contribution in [1.82, 2.24) is 49.8 Å². The lowest BCUT2D eigenvalue weighted by Gasteiger charge is -2.20. The molecule has 5 aromatic heterocycles. The van der Waals surface area contributed by atoms with E-state index >= 15 is 0 Å². The number of aliphatic hydroxyl groups excluding tert-OH is 5. The normalized spacial score (nSPS) is 12.6. The number of aromatic nitrogens is 10. The van der Waals surface area contributed by atoms with Crippen molar-refractivity contribution in [1.29, 1.82) is 0 Å². The van der Waals surface area contributed by atoms with E-state index in [4.69, 9.17) is 165 Å². The van der Waals surface area contributed by atoms with Gasteiger partial charge in [-0.3, -0.25) is 0 Å². The van der Waals surface area contributed by atoms with E-state index in [0.29, 0.717) is 193 Å². The maximum absolute atomic E-state index is 9.92. The number of rotatable bonds is 19. The number of benzene rings is 10. The van der Waals surface area contributed by atoms with Gasteiger partial charge in [-0.1, -0.05) is 262 Å². The summed E-state index contributed by atoms with van der Waals surface area (Å²) in [5.74, 6) is 0. The average Bonchev–Trinajstić information content (AvgIpc) is 1.78. The van der Waals surface area contributed by atoms with Crippen molar-refractivity contribution in [2.24, 2.45) is 28.7 Å². The SMILES string of the molecule is Cc1nc(-c2ccc3c(c2)CC(N)C3)c(CO)nc1-c1cccc(Cl)c1Cl.Cc1nc(-c2cccc(C(C)(C)N)c2)c(CO)nc1-c1cccc(Cl)c1Cl.Cc1nc(-c2cccc(CN)c2)c(CO)nc1-c1cccc(Cl)c1Cl.Cc1nc(-c2cccc([C@@H](C)N)c2)c(CO)nc1-c1cccc(Cl)c1Cl.Cc1nc(-c2cccc([C@H](C)N)c2)c(CO)nc1-c1cccc(Cl)c1Cl. The van der Waals surface area contributed by atoms with E-state index in [1.54, 1.807) is 30.3 Å². The Balaban J connectivity index is 0.000000148. The molecule has 15 aromatic rings. The summed E-state index contributed by atoms with van der Waals surface area (Å²) in [5.41, 5.74) is 56.0. The van der Waals surface area contributed by atoms with Crippen LogP contribution in [-0.4, -0.2) is 81.4 Å². The van der Waals surface area contributed by atoms with Gasteiger partial charge >= 0.3 is 0 Å². The smallest absolute Gasteiger partial charge is 0.0945 e. The van der Waals surface area contributed by atoms with Crippen LogP contribution < -0.4 is 28.7 Å². The second kappa shape index (κ2) is 44.8. The Labute approximate surface area is 811 Å². The van der Waals surface area contributed by atoms with Gasteiger partial charge in [-0.25, -0.2) is 49.8 Å². The highest BCUT2D eigenvalue weighted by atomic mass is 35.5. The predicted octanol–water partition coefficient (Wildman–Crippen LogP) is 23.7. The number of halogens is 10. The Morgan fingerprint density at radius 3 is 0.863 bits per heavy atom. The monoisotopic (exact) mass is 1950 g/mol. The highest BCUT2D eigenvalue weighted by Crippen LogP contribution is 2.43. The summed E-state index contributed by atoms with van der Waals surface area (Å²) in [4.78, 5) is 46.7. The molecule has 1 unspecified atom stereocenters. The molecule has 20 nitrogen and oxygen atoms in total. The molecule has 0 aliphatic heterocycles. The van der Waals surface area contributed by atoms with Gasteiger partial charge < -0.3 is 54.2 Å². The van der Waals surface area contributed by atoms with Crippen molar-refractivity contribution in [3.8, 4) is 113 Å². The Morgan fingerprint density at radius 1 is 0.321 bits per heavy atom. The highest BCUT2D eigenvalue weighted by Gasteiger charge is 2.27. The molecule has 1 aliphatic rings. The molecule has 0 saturated heterocycles. The zero-order valence-corrected chi connectivity index (χ0v) is 80.5. The second-order valence-electron chi connectivity index (χ2n) is 31.7. The van der Waals surface area contributed by atoms with Crippen LogP contribution in [0.4, 0.5) is 0 Å². The molecule has 3 atom stereocenters. The summed E-state index contributed by atoms with van der Waals surface area (Å²) in [6, 6.07) is 64.2. The predicted molar refractivity (Wildman–Crippen MR) is 534 cm³/mol. The van der Waals surface area contributed by atoms with E-state index < -0.39 is 5.54 Å². The fraction of sp³-hybridized carbons (Fsp3) is 0.208. The average molecular weight is 1950 g/mol. The van der Waals surface area contributed by atoms with Crippen molar-refractivity contribution < 1.29 is 25.5 Å². The van der Waals surface area contributed by atoms with Gasteiger partial charge in [0.15, 0.2) is 0 Å². The van der Waals surface area contributed by atoms with Gasteiger partial charge in [-0.2, -0.15) is 0 Å². The zero-order chi connectivity index (χ0) is 94.6. The van der Waals surface area contributed by atoms with E-state index in [1.807, 2.05) is 226 Å². The number of hydrogen-bond acceptors (Lipinski definition) is 20. The van der Waals surface area contributed by atoms with Crippen LogP contribution in [0.5, 0.6) is 0 Å². The summed E-state index contributed by atoms with van der Waals surface area (Å²) in [6.45, 7) is 16.3. The third kappa shape index (κ3) is 23.5. The van der Waals surface area contributed by atoms with Crippen LogP contribution in [0.1, 0.15) is 130 Å². The Hall–Kier alpha value is -9.90. The molecule has 0 spiro atoms. The zero-order valence-electron chi connectivity index (χ0n) is 72.9. The van der Waals surface area contributed by atoms with Crippen LogP contribution in [0.25, 0.3) is 113 Å². The number of nitrogens with two attached hydrogens (primary N) is 5. The molecule has 0 fully saturated rings. The fourth-order valence-corrected chi connectivity index (χ4v) is 16.8. The van der Waals surface area contributed by atoms with Crippen molar-refractivity contribution in [2.75, 3.05) is 0 Å². The van der Waals surface area contributed by atoms with Crippen LogP contribution in [0.2, 0.25) is 50.2 Å². The van der Waals surface area contributed by atoms with Gasteiger partial charge in [0.2, 0.25) is 0 Å². The van der Waals surface area contributed by atoms with Gasteiger partial charge in [-0.05, 0) is 169 Å². The number of nitrogens with zero attached hydrogens (tertiary/aromatic N) is 10. The number of aryl methyl sites for hydroxylation is 5. The first-order chi connectivity index (χ1) is 62.6. The van der Waals surface area contributed by atoms with E-state index in [1.165, 1.54) is 11.1 Å². The first kappa shape index (κ1) is 100. The summed E-state index contributed by atoms with van der Waals surface area (Å²) in [6.07, 6.45) is 1.76. The highest BCUT2D eigenvalue weighted by molar-refractivity contribution is 6.46. The standard InChI is InChI=1S/C21H19Cl2N3O.C21H21Cl2N3O.2C20H19Cl2N3O.C19H17Cl2N3O/c1-11-20(16-3-2-4-17(22)19(16)23)26-18(10-27)21(25-11)13-6-5-12-8-15(24)9-14(12)7-13;1-12-19(15-8-5-9-16(22)18(15)23)26-17(11-27)20(25-12)13-6-4-7-14(10-13)21(2,3)24;2*1-11(23)13-5-3-6-14(9-13)20-17(10-26)25-19(12(2)24-20)15-7-4-8-16(21)18(15)22;1-11-18(14-6-3-7-15(20)17(14)21)24-16(10-25)19(23-11)13-5-2-4-12(8-13)9-22/h2-7,15,27H,8-10,24H2,1H3;4-10,27H,11,24H2,1-3H3;2*3-9,11,26H,10,23H2,1-2H3;2-8,25H,9-10,22H2,1H3/t;;2*11-;/m..10./s1. The third-order valence-corrected chi connectivity index (χ3v) is 25.7. The van der Waals surface area contributed by atoms with Crippen LogP contribution in [0.3, 0.4) is 0 Å². The lowest BCUT2D eigenvalue weighted by molar-refractivity contribution is 0.277. The Kier molecular flexibility index (Phi) is 34.2. The second-order valence-corrected chi connectivity index (χ2v) is 35.7. The van der Waals surface area contributed by atoms with Gasteiger partial charge in [0.1, 0.15) is 0 Å². The summed E-state index contributed by atoms with van der Waals surface area (Å²) >= 11 is 62.3. The minimum atomic E-state index is -0.480. The van der Waals surface area contributed by atoms with Gasteiger partial charge in [0, 0.05) is 85.8 Å². The number of aliphatic hydroxyl groups is 5. The largest absolute Gasteiger partial charge is 0.390 e. The lowest BCUT2D eigenvalue weighted by atomic mass is 9.93. The molecule has 0 bridgehead atoms. The van der Waals surface area contributed by atoms with E-state index in [0.717, 1.165) is 68.6 Å². The molecule has 0 saturated carbocycles. The minimum absolute atomic E-state index is 0.0916. The van der Waals surface area contributed by atoms with E-state index in [2.05, 4.69) is 42.0 Å².